The van der Waals surface area contributed by atoms with Crippen molar-refractivity contribution in [1.82, 2.24) is 10.2 Å². The molecule has 102 valence electrons. The summed E-state index contributed by atoms with van der Waals surface area (Å²) in [5, 5.41) is 3.60. The third-order valence-corrected chi connectivity index (χ3v) is 3.21. The maximum absolute atomic E-state index is 3.60. The zero-order valence-electron chi connectivity index (χ0n) is 12.4. The van der Waals surface area contributed by atoms with Gasteiger partial charge in [-0.3, -0.25) is 0 Å². The summed E-state index contributed by atoms with van der Waals surface area (Å²) >= 11 is 0. The predicted molar refractivity (Wildman–Crippen MR) is 80.0 cm³/mol. The van der Waals surface area contributed by atoms with E-state index in [-0.39, 0.29) is 0 Å². The fourth-order valence-electron chi connectivity index (χ4n) is 2.27. The molecule has 0 heterocycles. The smallest absolute Gasteiger partial charge is 0.0332 e. The van der Waals surface area contributed by atoms with Crippen LogP contribution in [0.5, 0.6) is 0 Å². The van der Waals surface area contributed by atoms with Crippen molar-refractivity contribution in [2.75, 3.05) is 27.2 Å². The Morgan fingerprint density at radius 1 is 1.22 bits per heavy atom. The van der Waals surface area contributed by atoms with E-state index in [1.54, 1.807) is 0 Å². The molecule has 1 N–H and O–H groups in total. The largest absolute Gasteiger partial charge is 0.310 e. The molecule has 0 spiro atoms. The van der Waals surface area contributed by atoms with Crippen molar-refractivity contribution >= 4 is 0 Å². The molecule has 1 atom stereocenters. The van der Waals surface area contributed by atoms with Gasteiger partial charge in [-0.05, 0) is 51.2 Å². The van der Waals surface area contributed by atoms with Crippen LogP contribution in [0.25, 0.3) is 0 Å². The first-order valence-corrected chi connectivity index (χ1v) is 7.14. The summed E-state index contributed by atoms with van der Waals surface area (Å²) in [4.78, 5) is 2.25. The van der Waals surface area contributed by atoms with Crippen LogP contribution in [0.15, 0.2) is 24.3 Å². The van der Waals surface area contributed by atoms with Crippen molar-refractivity contribution in [2.24, 2.45) is 0 Å². The highest BCUT2D eigenvalue weighted by molar-refractivity contribution is 5.26. The normalized spacial score (nSPS) is 12.9. The highest BCUT2D eigenvalue weighted by Gasteiger charge is 2.10. The summed E-state index contributed by atoms with van der Waals surface area (Å²) in [6.07, 6.45) is 3.56. The summed E-state index contributed by atoms with van der Waals surface area (Å²) in [5.41, 5.74) is 2.90. The average Bonchev–Trinajstić information content (AvgIpc) is 2.35. The highest BCUT2D eigenvalue weighted by Crippen LogP contribution is 2.19. The van der Waals surface area contributed by atoms with Gasteiger partial charge in [-0.15, -0.1) is 0 Å². The number of benzene rings is 1. The van der Waals surface area contributed by atoms with Crippen molar-refractivity contribution in [1.29, 1.82) is 0 Å². The van der Waals surface area contributed by atoms with Crippen LogP contribution in [0, 0.1) is 0 Å². The molecule has 0 aromatic heterocycles. The van der Waals surface area contributed by atoms with Crippen molar-refractivity contribution in [2.45, 2.75) is 39.2 Å². The lowest BCUT2D eigenvalue weighted by Crippen LogP contribution is -2.25. The number of nitrogens with one attached hydrogen (secondary N) is 1. The average molecular weight is 248 g/mol. The third-order valence-electron chi connectivity index (χ3n) is 3.21. The molecule has 0 saturated carbocycles. The maximum atomic E-state index is 3.60. The Hall–Kier alpha value is -0.860. The van der Waals surface area contributed by atoms with Gasteiger partial charge in [0.05, 0.1) is 0 Å². The zero-order valence-corrected chi connectivity index (χ0v) is 12.4. The van der Waals surface area contributed by atoms with Gasteiger partial charge in [-0.2, -0.15) is 0 Å². The van der Waals surface area contributed by atoms with Gasteiger partial charge in [0.1, 0.15) is 0 Å². The van der Waals surface area contributed by atoms with E-state index < -0.39 is 0 Å². The third kappa shape index (κ3) is 5.19. The second-order valence-corrected chi connectivity index (χ2v) is 5.20. The van der Waals surface area contributed by atoms with Crippen LogP contribution in [0.4, 0.5) is 0 Å². The van der Waals surface area contributed by atoms with E-state index in [1.807, 2.05) is 0 Å². The van der Waals surface area contributed by atoms with Crippen LogP contribution >= 0.6 is 0 Å². The van der Waals surface area contributed by atoms with E-state index >= 15 is 0 Å². The molecule has 0 fully saturated rings. The molecule has 0 saturated heterocycles. The minimum atomic E-state index is 0.481. The quantitative estimate of drug-likeness (QED) is 0.760. The van der Waals surface area contributed by atoms with Crippen molar-refractivity contribution < 1.29 is 0 Å². The maximum Gasteiger partial charge on any atom is 0.0332 e. The number of hydrogen-bond donors (Lipinski definition) is 1. The number of aryl methyl sites for hydroxylation is 1. The molecule has 2 heteroatoms. The van der Waals surface area contributed by atoms with Gasteiger partial charge in [0.25, 0.3) is 0 Å². The first kappa shape index (κ1) is 15.2. The van der Waals surface area contributed by atoms with Crippen molar-refractivity contribution in [3.63, 3.8) is 0 Å². The van der Waals surface area contributed by atoms with Crippen molar-refractivity contribution in [3.8, 4) is 0 Å². The molecular formula is C16H28N2. The minimum absolute atomic E-state index is 0.481. The Labute approximate surface area is 112 Å². The van der Waals surface area contributed by atoms with Gasteiger partial charge in [0, 0.05) is 6.04 Å². The molecule has 2 nitrogen and oxygen atoms in total. The van der Waals surface area contributed by atoms with Crippen LogP contribution in [0.2, 0.25) is 0 Å². The van der Waals surface area contributed by atoms with Gasteiger partial charge in [-0.25, -0.2) is 0 Å². The fourth-order valence-corrected chi connectivity index (χ4v) is 2.27. The van der Waals surface area contributed by atoms with Crippen LogP contribution in [0.1, 0.15) is 43.9 Å². The molecule has 0 amide bonds. The Bertz CT molecular complexity index is 334. The van der Waals surface area contributed by atoms with Gasteiger partial charge in [-0.1, -0.05) is 44.5 Å². The fraction of sp³-hybridized carbons (Fsp3) is 0.625. The van der Waals surface area contributed by atoms with E-state index in [4.69, 9.17) is 0 Å². The van der Waals surface area contributed by atoms with Gasteiger partial charge >= 0.3 is 0 Å². The van der Waals surface area contributed by atoms with Gasteiger partial charge in [0.15, 0.2) is 0 Å². The molecule has 1 aromatic rings. The second-order valence-electron chi connectivity index (χ2n) is 5.20. The molecule has 0 aliphatic heterocycles. The van der Waals surface area contributed by atoms with Crippen LogP contribution in [-0.2, 0) is 6.42 Å². The highest BCUT2D eigenvalue weighted by atomic mass is 15.1. The van der Waals surface area contributed by atoms with Crippen LogP contribution in [-0.4, -0.2) is 32.1 Å². The lowest BCUT2D eigenvalue weighted by molar-refractivity contribution is 0.363. The SMILES string of the molecule is CCCc1cccc(C(CCN(C)C)NCC)c1. The van der Waals surface area contributed by atoms with Crippen LogP contribution in [0.3, 0.4) is 0 Å². The Morgan fingerprint density at radius 3 is 2.61 bits per heavy atom. The van der Waals surface area contributed by atoms with E-state index in [1.165, 1.54) is 24.0 Å². The van der Waals surface area contributed by atoms with E-state index in [0.29, 0.717) is 6.04 Å². The van der Waals surface area contributed by atoms with E-state index in [2.05, 4.69) is 62.4 Å². The molecule has 1 rings (SSSR count). The summed E-state index contributed by atoms with van der Waals surface area (Å²) in [6.45, 7) is 6.56. The first-order chi connectivity index (χ1) is 8.67. The van der Waals surface area contributed by atoms with Crippen LogP contribution < -0.4 is 5.32 Å². The Kier molecular flexibility index (Phi) is 6.99. The first-order valence-electron chi connectivity index (χ1n) is 7.14. The second kappa shape index (κ2) is 8.28. The van der Waals surface area contributed by atoms with Gasteiger partial charge in [0.2, 0.25) is 0 Å². The molecule has 18 heavy (non-hydrogen) atoms. The minimum Gasteiger partial charge on any atom is -0.310 e. The number of rotatable bonds is 8. The molecule has 1 unspecified atom stereocenters. The molecule has 1 aromatic carbocycles. The Morgan fingerprint density at radius 2 is 2.00 bits per heavy atom. The lowest BCUT2D eigenvalue weighted by atomic mass is 9.99. The predicted octanol–water partition coefficient (Wildman–Crippen LogP) is 3.24. The lowest BCUT2D eigenvalue weighted by Gasteiger charge is -2.21. The van der Waals surface area contributed by atoms with Crippen molar-refractivity contribution in [3.05, 3.63) is 35.4 Å². The summed E-state index contributed by atoms with van der Waals surface area (Å²) in [7, 11) is 4.27. The molecule has 0 aliphatic rings. The monoisotopic (exact) mass is 248 g/mol. The molecule has 0 radical (unpaired) electrons. The standard InChI is InChI=1S/C16H28N2/c1-5-8-14-9-7-10-15(13-14)16(17-6-2)11-12-18(3)4/h7,9-10,13,16-17H,5-6,8,11-12H2,1-4H3. The number of hydrogen-bond acceptors (Lipinski definition) is 2. The molecule has 0 aliphatic carbocycles. The Balaban J connectivity index is 2.73. The summed E-state index contributed by atoms with van der Waals surface area (Å²) in [5.74, 6) is 0. The molecule has 0 bridgehead atoms. The zero-order chi connectivity index (χ0) is 13.4. The van der Waals surface area contributed by atoms with Gasteiger partial charge < -0.3 is 10.2 Å². The topological polar surface area (TPSA) is 15.3 Å². The van der Waals surface area contributed by atoms with E-state index in [0.717, 1.165) is 19.5 Å². The number of nitrogens with zero attached hydrogens (tertiary/aromatic N) is 1. The summed E-state index contributed by atoms with van der Waals surface area (Å²) < 4.78 is 0. The summed E-state index contributed by atoms with van der Waals surface area (Å²) in [6, 6.07) is 9.53. The molecular weight excluding hydrogens is 220 g/mol. The van der Waals surface area contributed by atoms with E-state index in [9.17, 15) is 0 Å².